The maximum Gasteiger partial charge on any atom is 0.270 e. The zero-order chi connectivity index (χ0) is 14.8. The van der Waals surface area contributed by atoms with Crippen LogP contribution < -0.4 is 10.6 Å². The summed E-state index contributed by atoms with van der Waals surface area (Å²) in [5, 5.41) is 5.90. The quantitative estimate of drug-likeness (QED) is 0.674. The summed E-state index contributed by atoms with van der Waals surface area (Å²) < 4.78 is 4.89. The topological polar surface area (TPSA) is 76.1 Å². The number of rotatable bonds is 9. The van der Waals surface area contributed by atoms with Gasteiger partial charge in [-0.3, -0.25) is 4.79 Å². The van der Waals surface area contributed by atoms with E-state index >= 15 is 0 Å². The van der Waals surface area contributed by atoms with Crippen molar-refractivity contribution >= 4 is 11.9 Å². The van der Waals surface area contributed by atoms with E-state index in [0.717, 1.165) is 18.7 Å². The second-order valence-electron chi connectivity index (χ2n) is 4.60. The number of hydrogen-bond acceptors (Lipinski definition) is 5. The summed E-state index contributed by atoms with van der Waals surface area (Å²) in [5.74, 6) is 0.308. The minimum absolute atomic E-state index is 0.204. The van der Waals surface area contributed by atoms with Crippen LogP contribution in [-0.2, 0) is 4.74 Å². The van der Waals surface area contributed by atoms with Crippen LogP contribution in [0.25, 0.3) is 0 Å². The molecule has 0 atom stereocenters. The van der Waals surface area contributed by atoms with Gasteiger partial charge < -0.3 is 15.4 Å². The summed E-state index contributed by atoms with van der Waals surface area (Å²) in [4.78, 5) is 20.4. The number of carbonyl (C=O) groups excluding carboxylic acids is 1. The molecular formula is C14H24N4O2. The summed E-state index contributed by atoms with van der Waals surface area (Å²) >= 11 is 0. The lowest BCUT2D eigenvalue weighted by atomic mass is 10.2. The van der Waals surface area contributed by atoms with E-state index in [1.807, 2.05) is 6.92 Å². The van der Waals surface area contributed by atoms with Crippen LogP contribution in [0.5, 0.6) is 0 Å². The Morgan fingerprint density at radius 2 is 2.10 bits per heavy atom. The zero-order valence-electron chi connectivity index (χ0n) is 12.5. The van der Waals surface area contributed by atoms with Gasteiger partial charge in [0.15, 0.2) is 0 Å². The van der Waals surface area contributed by atoms with Gasteiger partial charge in [-0.15, -0.1) is 0 Å². The predicted molar refractivity (Wildman–Crippen MR) is 79.0 cm³/mol. The maximum absolute atomic E-state index is 11.9. The average molecular weight is 280 g/mol. The molecule has 2 N–H and O–H groups in total. The average Bonchev–Trinajstić information content (AvgIpc) is 2.43. The highest BCUT2D eigenvalue weighted by Gasteiger charge is 2.09. The van der Waals surface area contributed by atoms with Gasteiger partial charge in [0, 0.05) is 25.9 Å². The highest BCUT2D eigenvalue weighted by molar-refractivity contribution is 5.92. The van der Waals surface area contributed by atoms with Gasteiger partial charge >= 0.3 is 0 Å². The molecular weight excluding hydrogens is 256 g/mol. The van der Waals surface area contributed by atoms with Gasteiger partial charge in [0.25, 0.3) is 5.91 Å². The molecule has 0 saturated heterocycles. The lowest BCUT2D eigenvalue weighted by Gasteiger charge is -2.08. The first-order valence-corrected chi connectivity index (χ1v) is 7.04. The van der Waals surface area contributed by atoms with Gasteiger partial charge in [0.1, 0.15) is 5.69 Å². The van der Waals surface area contributed by atoms with Crippen LogP contribution in [0.15, 0.2) is 6.07 Å². The van der Waals surface area contributed by atoms with E-state index in [9.17, 15) is 4.79 Å². The number of aryl methyl sites for hydroxylation is 1. The normalized spacial score (nSPS) is 10.3. The summed E-state index contributed by atoms with van der Waals surface area (Å²) in [6, 6.07) is 1.68. The van der Waals surface area contributed by atoms with E-state index in [1.165, 1.54) is 12.8 Å². The van der Waals surface area contributed by atoms with E-state index < -0.39 is 0 Å². The number of anilines is 1. The smallest absolute Gasteiger partial charge is 0.270 e. The first kappa shape index (κ1) is 16.4. The number of carbonyl (C=O) groups is 1. The van der Waals surface area contributed by atoms with E-state index in [4.69, 9.17) is 4.74 Å². The molecule has 0 aromatic carbocycles. The Morgan fingerprint density at radius 3 is 2.80 bits per heavy atom. The van der Waals surface area contributed by atoms with Crippen molar-refractivity contribution in [3.05, 3.63) is 17.5 Å². The molecule has 1 aromatic heterocycles. The lowest BCUT2D eigenvalue weighted by Crippen LogP contribution is -2.28. The van der Waals surface area contributed by atoms with Crippen LogP contribution >= 0.6 is 0 Å². The monoisotopic (exact) mass is 280 g/mol. The molecule has 1 rings (SSSR count). The van der Waals surface area contributed by atoms with E-state index in [0.29, 0.717) is 24.8 Å². The number of hydrogen-bond donors (Lipinski definition) is 2. The van der Waals surface area contributed by atoms with Crippen molar-refractivity contribution in [2.75, 3.05) is 32.1 Å². The summed E-state index contributed by atoms with van der Waals surface area (Å²) in [6.45, 7) is 5.79. The Labute approximate surface area is 120 Å². The highest BCUT2D eigenvalue weighted by Crippen LogP contribution is 2.05. The molecule has 0 unspecified atom stereocenters. The van der Waals surface area contributed by atoms with Gasteiger partial charge in [-0.25, -0.2) is 9.97 Å². The van der Waals surface area contributed by atoms with Crippen molar-refractivity contribution in [2.24, 2.45) is 0 Å². The van der Waals surface area contributed by atoms with Crippen LogP contribution in [0, 0.1) is 6.92 Å². The van der Waals surface area contributed by atoms with E-state index in [2.05, 4.69) is 27.5 Å². The molecule has 0 radical (unpaired) electrons. The third-order valence-electron chi connectivity index (χ3n) is 2.74. The number of unbranched alkanes of at least 4 members (excludes halogenated alkanes) is 2. The summed E-state index contributed by atoms with van der Waals surface area (Å²) in [5.41, 5.74) is 1.15. The first-order chi connectivity index (χ1) is 9.67. The predicted octanol–water partition coefficient (Wildman–Crippen LogP) is 1.76. The van der Waals surface area contributed by atoms with Crippen molar-refractivity contribution in [3.63, 3.8) is 0 Å². The molecule has 20 heavy (non-hydrogen) atoms. The molecule has 0 spiro atoms. The molecule has 0 aliphatic heterocycles. The Kier molecular flexibility index (Phi) is 7.57. The number of amides is 1. The molecule has 0 fully saturated rings. The van der Waals surface area contributed by atoms with Crippen LogP contribution in [-0.4, -0.2) is 42.7 Å². The van der Waals surface area contributed by atoms with Gasteiger partial charge in [-0.2, -0.15) is 0 Å². The largest absolute Gasteiger partial charge is 0.383 e. The Bertz CT molecular complexity index is 424. The fourth-order valence-corrected chi connectivity index (χ4v) is 1.70. The van der Waals surface area contributed by atoms with E-state index in [1.54, 1.807) is 13.2 Å². The summed E-state index contributed by atoms with van der Waals surface area (Å²) in [7, 11) is 1.60. The molecule has 0 saturated carbocycles. The van der Waals surface area contributed by atoms with E-state index in [-0.39, 0.29) is 5.91 Å². The molecule has 0 aliphatic rings. The third kappa shape index (κ3) is 5.97. The molecule has 0 bridgehead atoms. The molecule has 112 valence electrons. The number of nitrogens with one attached hydrogen (secondary N) is 2. The molecule has 6 nitrogen and oxygen atoms in total. The molecule has 1 amide bonds. The minimum atomic E-state index is -0.204. The second-order valence-corrected chi connectivity index (χ2v) is 4.60. The van der Waals surface area contributed by atoms with Crippen LogP contribution in [0.3, 0.4) is 0 Å². The van der Waals surface area contributed by atoms with Crippen LogP contribution in [0.2, 0.25) is 0 Å². The SMILES string of the molecule is CCCCCNc1nc(C)cc(C(=O)NCCOC)n1. The third-order valence-corrected chi connectivity index (χ3v) is 2.74. The molecule has 6 heteroatoms. The van der Waals surface area contributed by atoms with Gasteiger partial charge in [-0.05, 0) is 19.4 Å². The molecule has 1 aromatic rings. The summed E-state index contributed by atoms with van der Waals surface area (Å²) in [6.07, 6.45) is 3.41. The maximum atomic E-state index is 11.9. The van der Waals surface area contributed by atoms with Crippen molar-refractivity contribution < 1.29 is 9.53 Å². The van der Waals surface area contributed by atoms with Gasteiger partial charge in [0.2, 0.25) is 5.95 Å². The second kappa shape index (κ2) is 9.25. The van der Waals surface area contributed by atoms with Crippen molar-refractivity contribution in [3.8, 4) is 0 Å². The standard InChI is InChI=1S/C14H24N4O2/c1-4-5-6-7-16-14-17-11(2)10-12(18-14)13(19)15-8-9-20-3/h10H,4-9H2,1-3H3,(H,15,19)(H,16,17,18). The number of aromatic nitrogens is 2. The zero-order valence-corrected chi connectivity index (χ0v) is 12.5. The van der Waals surface area contributed by atoms with Crippen LogP contribution in [0.4, 0.5) is 5.95 Å². The number of ether oxygens (including phenoxy) is 1. The minimum Gasteiger partial charge on any atom is -0.383 e. The van der Waals surface area contributed by atoms with Crippen molar-refractivity contribution in [1.82, 2.24) is 15.3 Å². The van der Waals surface area contributed by atoms with Crippen LogP contribution in [0.1, 0.15) is 42.4 Å². The fraction of sp³-hybridized carbons (Fsp3) is 0.643. The number of nitrogens with zero attached hydrogens (tertiary/aromatic N) is 2. The lowest BCUT2D eigenvalue weighted by molar-refractivity contribution is 0.0932. The van der Waals surface area contributed by atoms with Crippen molar-refractivity contribution in [2.45, 2.75) is 33.1 Å². The van der Waals surface area contributed by atoms with Gasteiger partial charge in [0.05, 0.1) is 6.61 Å². The Morgan fingerprint density at radius 1 is 1.30 bits per heavy atom. The number of methoxy groups -OCH3 is 1. The highest BCUT2D eigenvalue weighted by atomic mass is 16.5. The Hall–Kier alpha value is -1.69. The fourth-order valence-electron chi connectivity index (χ4n) is 1.70. The van der Waals surface area contributed by atoms with Gasteiger partial charge in [-0.1, -0.05) is 19.8 Å². The van der Waals surface area contributed by atoms with Crippen molar-refractivity contribution in [1.29, 1.82) is 0 Å². The molecule has 1 heterocycles. The molecule has 0 aliphatic carbocycles. The Balaban J connectivity index is 2.58. The first-order valence-electron chi connectivity index (χ1n) is 7.04.